The van der Waals surface area contributed by atoms with Crippen molar-refractivity contribution < 1.29 is 24.2 Å². The molecule has 0 saturated heterocycles. The van der Waals surface area contributed by atoms with Gasteiger partial charge in [-0.3, -0.25) is 4.79 Å². The lowest BCUT2D eigenvalue weighted by atomic mass is 10.1. The van der Waals surface area contributed by atoms with E-state index in [0.29, 0.717) is 5.56 Å². The Labute approximate surface area is 90.6 Å². The van der Waals surface area contributed by atoms with Crippen LogP contribution < -0.4 is 0 Å². The second kappa shape index (κ2) is 5.06. The summed E-state index contributed by atoms with van der Waals surface area (Å²) in [6, 6.07) is 3.56. The van der Waals surface area contributed by atoms with Gasteiger partial charge in [0.1, 0.15) is 5.82 Å². The van der Waals surface area contributed by atoms with Crippen LogP contribution in [0.3, 0.4) is 0 Å². The Morgan fingerprint density at radius 2 is 2.00 bits per heavy atom. The van der Waals surface area contributed by atoms with Gasteiger partial charge in [-0.2, -0.15) is 0 Å². The summed E-state index contributed by atoms with van der Waals surface area (Å²) in [6.45, 7) is 0. The van der Waals surface area contributed by atoms with Crippen LogP contribution in [0.25, 0.3) is 6.08 Å². The predicted molar refractivity (Wildman–Crippen MR) is 54.6 cm³/mol. The zero-order chi connectivity index (χ0) is 12.1. The first-order valence-electron chi connectivity index (χ1n) is 4.42. The molecule has 5 heteroatoms. The van der Waals surface area contributed by atoms with Crippen LogP contribution in [-0.2, 0) is 4.79 Å². The molecule has 0 aliphatic heterocycles. The molecule has 0 spiro atoms. The highest BCUT2D eigenvalue weighted by Crippen LogP contribution is 2.12. The summed E-state index contributed by atoms with van der Waals surface area (Å²) >= 11 is 0. The van der Waals surface area contributed by atoms with Gasteiger partial charge in [-0.25, -0.2) is 9.18 Å². The van der Waals surface area contributed by atoms with Gasteiger partial charge in [-0.05, 0) is 17.7 Å². The van der Waals surface area contributed by atoms with Crippen LogP contribution in [-0.4, -0.2) is 22.2 Å². The minimum atomic E-state index is -1.36. The average Bonchev–Trinajstić information content (AvgIpc) is 2.19. The van der Waals surface area contributed by atoms with Gasteiger partial charge in [0, 0.05) is 0 Å². The Morgan fingerprint density at radius 1 is 1.31 bits per heavy atom. The van der Waals surface area contributed by atoms with Crippen molar-refractivity contribution in [2.45, 2.75) is 6.42 Å². The fourth-order valence-corrected chi connectivity index (χ4v) is 1.11. The topological polar surface area (TPSA) is 74.6 Å². The molecule has 0 bridgehead atoms. The number of benzene rings is 1. The summed E-state index contributed by atoms with van der Waals surface area (Å²) < 4.78 is 13.0. The predicted octanol–water partition coefficient (Wildman–Crippen LogP) is 2.01. The van der Waals surface area contributed by atoms with Gasteiger partial charge in [-0.15, -0.1) is 0 Å². The highest BCUT2D eigenvalue weighted by atomic mass is 19.1. The third-order valence-electron chi connectivity index (χ3n) is 1.82. The van der Waals surface area contributed by atoms with E-state index in [1.165, 1.54) is 18.2 Å². The van der Waals surface area contributed by atoms with E-state index in [2.05, 4.69) is 0 Å². The smallest absolute Gasteiger partial charge is 0.338 e. The Hall–Kier alpha value is -2.17. The number of hydrogen-bond donors (Lipinski definition) is 2. The maximum Gasteiger partial charge on any atom is 0.338 e. The van der Waals surface area contributed by atoms with Crippen LogP contribution in [0, 0.1) is 5.82 Å². The van der Waals surface area contributed by atoms with Gasteiger partial charge in [0.05, 0.1) is 12.0 Å². The van der Waals surface area contributed by atoms with E-state index in [4.69, 9.17) is 10.2 Å². The Bertz CT molecular complexity index is 451. The van der Waals surface area contributed by atoms with Crippen LogP contribution in [0.2, 0.25) is 0 Å². The molecule has 0 fully saturated rings. The molecule has 1 aromatic carbocycles. The highest BCUT2D eigenvalue weighted by molar-refractivity contribution is 5.88. The highest BCUT2D eigenvalue weighted by Gasteiger charge is 2.09. The maximum atomic E-state index is 13.0. The SMILES string of the molecule is O=C(O)CC=Cc1ccc(F)c(C(=O)O)c1. The zero-order valence-corrected chi connectivity index (χ0v) is 8.18. The van der Waals surface area contributed by atoms with Gasteiger partial charge in [0.2, 0.25) is 0 Å². The van der Waals surface area contributed by atoms with E-state index in [9.17, 15) is 14.0 Å². The molecule has 84 valence electrons. The second-order valence-corrected chi connectivity index (χ2v) is 3.04. The molecule has 0 unspecified atom stereocenters. The monoisotopic (exact) mass is 224 g/mol. The van der Waals surface area contributed by atoms with Gasteiger partial charge in [-0.1, -0.05) is 18.2 Å². The number of halogens is 1. The largest absolute Gasteiger partial charge is 0.481 e. The Balaban J connectivity index is 2.91. The van der Waals surface area contributed by atoms with Crippen LogP contribution in [0.5, 0.6) is 0 Å². The second-order valence-electron chi connectivity index (χ2n) is 3.04. The first-order valence-corrected chi connectivity index (χ1v) is 4.42. The van der Waals surface area contributed by atoms with E-state index >= 15 is 0 Å². The summed E-state index contributed by atoms with van der Waals surface area (Å²) in [5, 5.41) is 17.0. The number of carboxylic acid groups (broad SMARTS) is 2. The summed E-state index contributed by atoms with van der Waals surface area (Å²) in [7, 11) is 0. The lowest BCUT2D eigenvalue weighted by molar-refractivity contribution is -0.135. The minimum Gasteiger partial charge on any atom is -0.481 e. The van der Waals surface area contributed by atoms with Crippen molar-refractivity contribution in [3.05, 3.63) is 41.2 Å². The Morgan fingerprint density at radius 3 is 2.56 bits per heavy atom. The first kappa shape index (κ1) is 11.9. The molecule has 0 atom stereocenters. The van der Waals surface area contributed by atoms with Crippen molar-refractivity contribution in [2.75, 3.05) is 0 Å². The van der Waals surface area contributed by atoms with Crippen molar-refractivity contribution >= 4 is 18.0 Å². The molecule has 0 heterocycles. The molecule has 0 radical (unpaired) electrons. The number of aromatic carboxylic acids is 1. The molecule has 0 amide bonds. The third kappa shape index (κ3) is 3.20. The molecule has 1 aromatic rings. The molecule has 2 N–H and O–H groups in total. The molecular formula is C11H9FO4. The fraction of sp³-hybridized carbons (Fsp3) is 0.0909. The zero-order valence-electron chi connectivity index (χ0n) is 8.18. The van der Waals surface area contributed by atoms with Gasteiger partial charge in [0.25, 0.3) is 0 Å². The third-order valence-corrected chi connectivity index (χ3v) is 1.82. The van der Waals surface area contributed by atoms with E-state index in [1.807, 2.05) is 0 Å². The molecule has 4 nitrogen and oxygen atoms in total. The number of hydrogen-bond acceptors (Lipinski definition) is 2. The van der Waals surface area contributed by atoms with Crippen molar-refractivity contribution in [3.8, 4) is 0 Å². The van der Waals surface area contributed by atoms with Crippen molar-refractivity contribution in [2.24, 2.45) is 0 Å². The molecule has 0 saturated carbocycles. The van der Waals surface area contributed by atoms with E-state index in [1.54, 1.807) is 0 Å². The normalized spacial score (nSPS) is 10.6. The number of carboxylic acids is 2. The minimum absolute atomic E-state index is 0.167. The standard InChI is InChI=1S/C11H9FO4/c12-9-5-4-7(2-1-3-10(13)14)6-8(9)11(15)16/h1-2,4-6H,3H2,(H,13,14)(H,15,16). The lowest BCUT2D eigenvalue weighted by Gasteiger charge is -1.98. The lowest BCUT2D eigenvalue weighted by Crippen LogP contribution is -2.00. The molecule has 0 aromatic heterocycles. The summed E-state index contributed by atoms with van der Waals surface area (Å²) in [5.74, 6) is -3.16. The van der Waals surface area contributed by atoms with Gasteiger partial charge in [0.15, 0.2) is 0 Å². The number of carbonyl (C=O) groups is 2. The molecule has 0 aliphatic rings. The van der Waals surface area contributed by atoms with Crippen LogP contribution in [0.15, 0.2) is 24.3 Å². The van der Waals surface area contributed by atoms with Crippen molar-refractivity contribution in [3.63, 3.8) is 0 Å². The Kier molecular flexibility index (Phi) is 3.77. The van der Waals surface area contributed by atoms with Crippen molar-refractivity contribution in [1.82, 2.24) is 0 Å². The average molecular weight is 224 g/mol. The maximum absolute atomic E-state index is 13.0. The molecular weight excluding hydrogens is 215 g/mol. The molecule has 0 aliphatic carbocycles. The number of aliphatic carboxylic acids is 1. The summed E-state index contributed by atoms with van der Waals surface area (Å²) in [6.07, 6.45) is 2.63. The summed E-state index contributed by atoms with van der Waals surface area (Å²) in [5.41, 5.74) is 0.0116. The van der Waals surface area contributed by atoms with E-state index in [0.717, 1.165) is 12.1 Å². The fourth-order valence-electron chi connectivity index (χ4n) is 1.11. The first-order chi connectivity index (χ1) is 7.50. The molecule has 16 heavy (non-hydrogen) atoms. The van der Waals surface area contributed by atoms with Gasteiger partial charge < -0.3 is 10.2 Å². The van der Waals surface area contributed by atoms with Gasteiger partial charge >= 0.3 is 11.9 Å². The van der Waals surface area contributed by atoms with E-state index < -0.39 is 23.3 Å². The van der Waals surface area contributed by atoms with Crippen molar-refractivity contribution in [1.29, 1.82) is 0 Å². The van der Waals surface area contributed by atoms with Crippen LogP contribution in [0.4, 0.5) is 4.39 Å². The summed E-state index contributed by atoms with van der Waals surface area (Å²) in [4.78, 5) is 20.8. The van der Waals surface area contributed by atoms with E-state index in [-0.39, 0.29) is 6.42 Å². The van der Waals surface area contributed by atoms with Crippen LogP contribution in [0.1, 0.15) is 22.3 Å². The van der Waals surface area contributed by atoms with Crippen LogP contribution >= 0.6 is 0 Å². The molecule has 1 rings (SSSR count). The quantitative estimate of drug-likeness (QED) is 0.820. The number of rotatable bonds is 4.